The SMILES string of the molecule is Cc1ccc(-n2c(N)nc3ccc(Cl)cc32)cc1Cl. The number of imidazole rings is 1. The molecule has 0 spiro atoms. The number of hydrogen-bond donors (Lipinski definition) is 1. The van der Waals surface area contributed by atoms with Gasteiger partial charge >= 0.3 is 0 Å². The lowest BCUT2D eigenvalue weighted by Gasteiger charge is -2.08. The number of nitrogens with two attached hydrogens (primary N) is 1. The Bertz CT molecular complexity index is 778. The largest absolute Gasteiger partial charge is 0.369 e. The highest BCUT2D eigenvalue weighted by Crippen LogP contribution is 2.27. The van der Waals surface area contributed by atoms with Crippen LogP contribution < -0.4 is 5.73 Å². The molecule has 96 valence electrons. The third kappa shape index (κ3) is 2.05. The molecule has 0 saturated heterocycles. The summed E-state index contributed by atoms with van der Waals surface area (Å²) in [7, 11) is 0. The average molecular weight is 292 g/mol. The van der Waals surface area contributed by atoms with Crippen molar-refractivity contribution < 1.29 is 0 Å². The first-order valence-electron chi connectivity index (χ1n) is 5.76. The molecule has 3 nitrogen and oxygen atoms in total. The fourth-order valence-corrected chi connectivity index (χ4v) is 2.40. The van der Waals surface area contributed by atoms with Crippen LogP contribution in [0.3, 0.4) is 0 Å². The minimum absolute atomic E-state index is 0.414. The van der Waals surface area contributed by atoms with Gasteiger partial charge in [0.1, 0.15) is 0 Å². The number of nitrogen functional groups attached to an aromatic ring is 1. The third-order valence-corrected chi connectivity index (χ3v) is 3.70. The first kappa shape index (κ1) is 12.3. The molecule has 0 fully saturated rings. The molecule has 1 heterocycles. The van der Waals surface area contributed by atoms with Gasteiger partial charge in [-0.15, -0.1) is 0 Å². The second-order valence-corrected chi connectivity index (χ2v) is 5.22. The molecule has 0 aliphatic heterocycles. The highest BCUT2D eigenvalue weighted by atomic mass is 35.5. The summed E-state index contributed by atoms with van der Waals surface area (Å²) in [6, 6.07) is 11.3. The second kappa shape index (κ2) is 4.44. The van der Waals surface area contributed by atoms with Crippen LogP contribution in [0.1, 0.15) is 5.56 Å². The summed E-state index contributed by atoms with van der Waals surface area (Å²) in [5.41, 5.74) is 9.55. The molecular formula is C14H11Cl2N3. The van der Waals surface area contributed by atoms with Crippen LogP contribution in [0.4, 0.5) is 5.95 Å². The van der Waals surface area contributed by atoms with Crippen molar-refractivity contribution in [2.45, 2.75) is 6.92 Å². The van der Waals surface area contributed by atoms with E-state index in [4.69, 9.17) is 28.9 Å². The van der Waals surface area contributed by atoms with Crippen LogP contribution in [0.2, 0.25) is 10.0 Å². The molecule has 19 heavy (non-hydrogen) atoms. The summed E-state index contributed by atoms with van der Waals surface area (Å²) >= 11 is 12.2. The van der Waals surface area contributed by atoms with Gasteiger partial charge in [-0.2, -0.15) is 0 Å². The quantitative estimate of drug-likeness (QED) is 0.729. The molecule has 0 amide bonds. The summed E-state index contributed by atoms with van der Waals surface area (Å²) in [6.45, 7) is 1.96. The molecule has 0 atom stereocenters. The minimum Gasteiger partial charge on any atom is -0.369 e. The lowest BCUT2D eigenvalue weighted by molar-refractivity contribution is 1.11. The molecule has 5 heteroatoms. The van der Waals surface area contributed by atoms with E-state index >= 15 is 0 Å². The molecule has 0 aliphatic carbocycles. The molecule has 3 aromatic rings. The predicted octanol–water partition coefficient (Wildman–Crippen LogP) is 4.22. The number of nitrogens with zero attached hydrogens (tertiary/aromatic N) is 2. The van der Waals surface area contributed by atoms with Gasteiger partial charge in [-0.25, -0.2) is 4.98 Å². The Morgan fingerprint density at radius 1 is 1.11 bits per heavy atom. The number of fused-ring (bicyclic) bond motifs is 1. The topological polar surface area (TPSA) is 43.8 Å². The van der Waals surface area contributed by atoms with Crippen LogP contribution in [0.25, 0.3) is 16.7 Å². The molecule has 2 N–H and O–H groups in total. The molecule has 3 rings (SSSR count). The highest BCUT2D eigenvalue weighted by Gasteiger charge is 2.11. The van der Waals surface area contributed by atoms with Gasteiger partial charge < -0.3 is 5.73 Å². The van der Waals surface area contributed by atoms with Crippen molar-refractivity contribution in [1.29, 1.82) is 0 Å². The maximum Gasteiger partial charge on any atom is 0.205 e. The predicted molar refractivity (Wildman–Crippen MR) is 80.2 cm³/mol. The van der Waals surface area contributed by atoms with Gasteiger partial charge in [0.05, 0.1) is 16.7 Å². The van der Waals surface area contributed by atoms with Crippen LogP contribution in [-0.2, 0) is 0 Å². The van der Waals surface area contributed by atoms with E-state index in [1.54, 1.807) is 6.07 Å². The van der Waals surface area contributed by atoms with Crippen molar-refractivity contribution in [1.82, 2.24) is 9.55 Å². The van der Waals surface area contributed by atoms with Crippen LogP contribution in [0, 0.1) is 6.92 Å². The van der Waals surface area contributed by atoms with Crippen LogP contribution in [-0.4, -0.2) is 9.55 Å². The number of aromatic nitrogens is 2. The Morgan fingerprint density at radius 2 is 1.89 bits per heavy atom. The van der Waals surface area contributed by atoms with Gasteiger partial charge in [0.2, 0.25) is 5.95 Å². The van der Waals surface area contributed by atoms with E-state index in [0.29, 0.717) is 16.0 Å². The van der Waals surface area contributed by atoms with Crippen molar-refractivity contribution in [2.75, 3.05) is 5.73 Å². The number of rotatable bonds is 1. The molecule has 0 aliphatic rings. The minimum atomic E-state index is 0.414. The molecule has 0 unspecified atom stereocenters. The number of halogens is 2. The van der Waals surface area contributed by atoms with Gasteiger partial charge in [0.15, 0.2) is 0 Å². The van der Waals surface area contributed by atoms with Crippen LogP contribution in [0.15, 0.2) is 36.4 Å². The maximum atomic E-state index is 6.16. The summed E-state index contributed by atoms with van der Waals surface area (Å²) < 4.78 is 1.84. The zero-order chi connectivity index (χ0) is 13.6. The molecule has 2 aromatic carbocycles. The van der Waals surface area contributed by atoms with Crippen molar-refractivity contribution in [3.8, 4) is 5.69 Å². The van der Waals surface area contributed by atoms with E-state index < -0.39 is 0 Å². The van der Waals surface area contributed by atoms with Crippen LogP contribution >= 0.6 is 23.2 Å². The Morgan fingerprint density at radius 3 is 2.63 bits per heavy atom. The van der Waals surface area contributed by atoms with Gasteiger partial charge in [-0.05, 0) is 42.8 Å². The Balaban J connectivity index is 2.31. The van der Waals surface area contributed by atoms with Crippen molar-refractivity contribution >= 4 is 40.2 Å². The van der Waals surface area contributed by atoms with Gasteiger partial charge in [-0.1, -0.05) is 29.3 Å². The fourth-order valence-electron chi connectivity index (χ4n) is 2.06. The number of aryl methyl sites for hydroxylation is 1. The van der Waals surface area contributed by atoms with E-state index in [-0.39, 0.29) is 0 Å². The van der Waals surface area contributed by atoms with Crippen LogP contribution in [0.5, 0.6) is 0 Å². The fraction of sp³-hybridized carbons (Fsp3) is 0.0714. The second-order valence-electron chi connectivity index (χ2n) is 4.37. The zero-order valence-corrected chi connectivity index (χ0v) is 11.7. The standard InChI is InChI=1S/C14H11Cl2N3/c1-8-2-4-10(7-11(8)16)19-13-6-9(15)3-5-12(13)18-14(19)17/h2-7H,1H3,(H2,17,18). The van der Waals surface area contributed by atoms with E-state index in [0.717, 1.165) is 22.3 Å². The van der Waals surface area contributed by atoms with E-state index in [9.17, 15) is 0 Å². The normalized spacial score (nSPS) is 11.1. The molecular weight excluding hydrogens is 281 g/mol. The smallest absolute Gasteiger partial charge is 0.205 e. The van der Waals surface area contributed by atoms with E-state index in [1.807, 2.05) is 41.8 Å². The monoisotopic (exact) mass is 291 g/mol. The summed E-state index contributed by atoms with van der Waals surface area (Å²) in [4.78, 5) is 4.32. The first-order valence-corrected chi connectivity index (χ1v) is 6.52. The summed E-state index contributed by atoms with van der Waals surface area (Å²) in [5.74, 6) is 0.414. The van der Waals surface area contributed by atoms with Gasteiger partial charge in [0.25, 0.3) is 0 Å². The van der Waals surface area contributed by atoms with Gasteiger partial charge in [0, 0.05) is 10.0 Å². The van der Waals surface area contributed by atoms with Crippen molar-refractivity contribution in [3.63, 3.8) is 0 Å². The lowest BCUT2D eigenvalue weighted by atomic mass is 10.2. The lowest BCUT2D eigenvalue weighted by Crippen LogP contribution is -2.00. The van der Waals surface area contributed by atoms with E-state index in [1.165, 1.54) is 0 Å². The third-order valence-electron chi connectivity index (χ3n) is 3.06. The van der Waals surface area contributed by atoms with E-state index in [2.05, 4.69) is 4.98 Å². The Labute approximate surface area is 120 Å². The van der Waals surface area contributed by atoms with Crippen molar-refractivity contribution in [3.05, 3.63) is 52.0 Å². The Hall–Kier alpha value is -1.71. The Kier molecular flexibility index (Phi) is 2.88. The zero-order valence-electron chi connectivity index (χ0n) is 10.2. The number of hydrogen-bond acceptors (Lipinski definition) is 2. The highest BCUT2D eigenvalue weighted by molar-refractivity contribution is 6.31. The molecule has 1 aromatic heterocycles. The molecule has 0 bridgehead atoms. The summed E-state index contributed by atoms with van der Waals surface area (Å²) in [5, 5.41) is 1.34. The maximum absolute atomic E-state index is 6.16. The first-order chi connectivity index (χ1) is 9.06. The molecule has 0 saturated carbocycles. The van der Waals surface area contributed by atoms with Gasteiger partial charge in [-0.3, -0.25) is 4.57 Å². The van der Waals surface area contributed by atoms with Crippen molar-refractivity contribution in [2.24, 2.45) is 0 Å². The average Bonchev–Trinajstić information content (AvgIpc) is 2.68. The molecule has 0 radical (unpaired) electrons. The number of benzene rings is 2. The summed E-state index contributed by atoms with van der Waals surface area (Å²) in [6.07, 6.45) is 0. The number of anilines is 1.